The van der Waals surface area contributed by atoms with Gasteiger partial charge in [-0.2, -0.15) is 13.2 Å². The van der Waals surface area contributed by atoms with Gasteiger partial charge >= 0.3 is 6.18 Å². The van der Waals surface area contributed by atoms with E-state index < -0.39 is 33.4 Å². The summed E-state index contributed by atoms with van der Waals surface area (Å²) in [5, 5.41) is 2.20. The highest BCUT2D eigenvalue weighted by molar-refractivity contribution is 7.84. The van der Waals surface area contributed by atoms with Crippen LogP contribution in [-0.4, -0.2) is 21.0 Å². The predicted octanol–water partition coefficient (Wildman–Crippen LogP) is 2.45. The number of amides is 1. The number of halogens is 3. The topological polar surface area (TPSA) is 58.2 Å². The summed E-state index contributed by atoms with van der Waals surface area (Å²) < 4.78 is 54.1. The number of nitrogens with one attached hydrogen (secondary N) is 2. The highest BCUT2D eigenvalue weighted by atomic mass is 32.2. The molecule has 8 heteroatoms. The maximum atomic E-state index is 13.6. The van der Waals surface area contributed by atoms with Gasteiger partial charge in [0.05, 0.1) is 15.7 Å². The highest BCUT2D eigenvalue weighted by Crippen LogP contribution is 2.47. The van der Waals surface area contributed by atoms with Crippen LogP contribution in [0, 0.1) is 0 Å². The lowest BCUT2D eigenvalue weighted by molar-refractivity contribution is -0.193. The Morgan fingerprint density at radius 3 is 2.29 bits per heavy atom. The van der Waals surface area contributed by atoms with Crippen LogP contribution in [0.25, 0.3) is 0 Å². The zero-order chi connectivity index (χ0) is 16.1. The average molecular weight is 320 g/mol. The summed E-state index contributed by atoms with van der Waals surface area (Å²) in [5.41, 5.74) is -3.19. The number of rotatable bonds is 2. The first-order valence-electron chi connectivity index (χ1n) is 6.17. The minimum Gasteiger partial charge on any atom is -0.323 e. The van der Waals surface area contributed by atoms with Gasteiger partial charge in [0.25, 0.3) is 5.91 Å². The first kappa shape index (κ1) is 16.0. The van der Waals surface area contributed by atoms with Crippen LogP contribution in [-0.2, 0) is 21.3 Å². The van der Waals surface area contributed by atoms with Crippen molar-refractivity contribution in [1.82, 2.24) is 4.72 Å². The lowest BCUT2D eigenvalue weighted by atomic mass is 9.92. The van der Waals surface area contributed by atoms with E-state index in [2.05, 4.69) is 5.32 Å². The number of para-hydroxylation sites is 1. The van der Waals surface area contributed by atoms with Gasteiger partial charge in [-0.1, -0.05) is 18.2 Å². The normalized spacial score (nSPS) is 23.6. The molecule has 0 saturated heterocycles. The van der Waals surface area contributed by atoms with Gasteiger partial charge in [-0.15, -0.1) is 0 Å². The van der Waals surface area contributed by atoms with E-state index in [-0.39, 0.29) is 11.3 Å². The maximum absolute atomic E-state index is 13.6. The van der Waals surface area contributed by atoms with Crippen LogP contribution < -0.4 is 10.0 Å². The average Bonchev–Trinajstić information content (AvgIpc) is 2.61. The molecule has 4 nitrogen and oxygen atoms in total. The number of hydrogen-bond donors (Lipinski definition) is 2. The molecule has 0 spiro atoms. The minimum absolute atomic E-state index is 0.0678. The Morgan fingerprint density at radius 1 is 1.19 bits per heavy atom. The second kappa shape index (κ2) is 4.81. The Balaban J connectivity index is 2.60. The number of carbonyl (C=O) groups excluding carboxylic acids is 1. The van der Waals surface area contributed by atoms with E-state index in [1.165, 1.54) is 45.0 Å². The van der Waals surface area contributed by atoms with Gasteiger partial charge in [0.2, 0.25) is 5.54 Å². The van der Waals surface area contributed by atoms with Crippen LogP contribution in [0.4, 0.5) is 18.9 Å². The molecule has 2 N–H and O–H groups in total. The summed E-state index contributed by atoms with van der Waals surface area (Å²) in [6.07, 6.45) is -4.93. The Bertz CT molecular complexity index is 610. The van der Waals surface area contributed by atoms with Gasteiger partial charge in [-0.25, -0.2) is 8.93 Å². The molecule has 0 aromatic heterocycles. The van der Waals surface area contributed by atoms with Crippen LogP contribution >= 0.6 is 0 Å². The predicted molar refractivity (Wildman–Crippen MR) is 73.8 cm³/mol. The molecule has 1 amide bonds. The van der Waals surface area contributed by atoms with E-state index in [4.69, 9.17) is 0 Å². The van der Waals surface area contributed by atoms with Crippen molar-refractivity contribution < 1.29 is 22.2 Å². The summed E-state index contributed by atoms with van der Waals surface area (Å²) in [6.45, 7) is 4.58. The lowest BCUT2D eigenvalue weighted by Crippen LogP contribution is -2.60. The minimum atomic E-state index is -4.93. The van der Waals surface area contributed by atoms with E-state index in [0.717, 1.165) is 0 Å². The van der Waals surface area contributed by atoms with E-state index in [9.17, 15) is 22.2 Å². The van der Waals surface area contributed by atoms with Gasteiger partial charge in [-0.3, -0.25) is 4.79 Å². The number of fused-ring (bicyclic) bond motifs is 1. The molecule has 0 fully saturated rings. The third kappa shape index (κ3) is 2.46. The molecule has 1 aliphatic rings. The fraction of sp³-hybridized carbons (Fsp3) is 0.462. The summed E-state index contributed by atoms with van der Waals surface area (Å²) in [6, 6.07) is 5.50. The van der Waals surface area contributed by atoms with E-state index in [1.807, 2.05) is 4.72 Å². The van der Waals surface area contributed by atoms with Gasteiger partial charge in [0, 0.05) is 11.3 Å². The molecule has 0 bridgehead atoms. The summed E-state index contributed by atoms with van der Waals surface area (Å²) in [5.74, 6) is -1.27. The van der Waals surface area contributed by atoms with Crippen molar-refractivity contribution in [3.8, 4) is 0 Å². The molecule has 1 heterocycles. The molecule has 0 radical (unpaired) electrons. The molecule has 0 aliphatic carbocycles. The van der Waals surface area contributed by atoms with Crippen molar-refractivity contribution in [2.45, 2.75) is 37.2 Å². The van der Waals surface area contributed by atoms with E-state index >= 15 is 0 Å². The Hall–Kier alpha value is -1.41. The van der Waals surface area contributed by atoms with Crippen LogP contribution in [0.2, 0.25) is 0 Å². The quantitative estimate of drug-likeness (QED) is 0.879. The van der Waals surface area contributed by atoms with E-state index in [1.54, 1.807) is 0 Å². The molecule has 2 atom stereocenters. The second-order valence-electron chi connectivity index (χ2n) is 5.73. The molecule has 21 heavy (non-hydrogen) atoms. The number of hydrogen-bond acceptors (Lipinski definition) is 2. The molecule has 1 aliphatic heterocycles. The summed E-state index contributed by atoms with van der Waals surface area (Å²) in [7, 11) is -2.07. The molecule has 1 unspecified atom stereocenters. The molecular weight excluding hydrogens is 305 g/mol. The Labute approximate surface area is 122 Å². The van der Waals surface area contributed by atoms with Crippen molar-refractivity contribution >= 4 is 22.6 Å². The molecule has 1 aromatic rings. The smallest absolute Gasteiger partial charge is 0.323 e. The Kier molecular flexibility index (Phi) is 3.66. The highest BCUT2D eigenvalue weighted by Gasteiger charge is 2.66. The van der Waals surface area contributed by atoms with Crippen molar-refractivity contribution in [2.24, 2.45) is 0 Å². The molecule has 1 aromatic carbocycles. The standard InChI is InChI=1S/C13H15F3N2O2S/c1-11(2,3)21(20)18-12(13(14,15)16)8-6-4-5-7-9(8)17-10(12)19/h4-7,18H,1-3H3,(H,17,19)/t12-,21?/m1/s1. The van der Waals surface area contributed by atoms with Gasteiger partial charge in [0.15, 0.2) is 0 Å². The van der Waals surface area contributed by atoms with Crippen molar-refractivity contribution in [1.29, 1.82) is 0 Å². The molecular formula is C13H15F3N2O2S. The van der Waals surface area contributed by atoms with Gasteiger partial charge in [-0.05, 0) is 26.8 Å². The number of alkyl halides is 3. The van der Waals surface area contributed by atoms with Crippen molar-refractivity contribution in [3.05, 3.63) is 29.8 Å². The maximum Gasteiger partial charge on any atom is 0.420 e. The SMILES string of the molecule is CC(C)(C)S(=O)N[C@@]1(C(F)(F)F)C(=O)Nc2ccccc21. The lowest BCUT2D eigenvalue weighted by Gasteiger charge is -2.33. The molecule has 0 saturated carbocycles. The summed E-state index contributed by atoms with van der Waals surface area (Å²) in [4.78, 5) is 12.0. The number of carbonyl (C=O) groups is 1. The van der Waals surface area contributed by atoms with Crippen molar-refractivity contribution in [3.63, 3.8) is 0 Å². The first-order chi connectivity index (χ1) is 9.50. The van der Waals surface area contributed by atoms with Crippen LogP contribution in [0.3, 0.4) is 0 Å². The summed E-state index contributed by atoms with van der Waals surface area (Å²) >= 11 is 0. The second-order valence-corrected chi connectivity index (χ2v) is 7.70. The molecule has 2 rings (SSSR count). The number of benzene rings is 1. The third-order valence-electron chi connectivity index (χ3n) is 3.15. The van der Waals surface area contributed by atoms with Crippen LogP contribution in [0.5, 0.6) is 0 Å². The monoisotopic (exact) mass is 320 g/mol. The zero-order valence-electron chi connectivity index (χ0n) is 11.7. The molecule has 116 valence electrons. The zero-order valence-corrected chi connectivity index (χ0v) is 12.5. The van der Waals surface area contributed by atoms with Gasteiger partial charge < -0.3 is 5.32 Å². The number of anilines is 1. The van der Waals surface area contributed by atoms with Gasteiger partial charge in [0.1, 0.15) is 0 Å². The third-order valence-corrected chi connectivity index (χ3v) is 4.75. The van der Waals surface area contributed by atoms with Crippen molar-refractivity contribution in [2.75, 3.05) is 5.32 Å². The first-order valence-corrected chi connectivity index (χ1v) is 7.32. The Morgan fingerprint density at radius 2 is 1.76 bits per heavy atom. The largest absolute Gasteiger partial charge is 0.420 e. The van der Waals surface area contributed by atoms with Crippen LogP contribution in [0.15, 0.2) is 24.3 Å². The van der Waals surface area contributed by atoms with E-state index in [0.29, 0.717) is 0 Å². The fourth-order valence-electron chi connectivity index (χ4n) is 1.99. The fourth-order valence-corrected chi connectivity index (χ4v) is 2.89. The van der Waals surface area contributed by atoms with Crippen LogP contribution in [0.1, 0.15) is 26.3 Å².